The Labute approximate surface area is 196 Å². The molecule has 1 aliphatic rings. The number of benzene rings is 3. The van der Waals surface area contributed by atoms with Crippen molar-refractivity contribution in [3.05, 3.63) is 83.0 Å². The largest absolute Gasteiger partial charge is 0.497 e. The van der Waals surface area contributed by atoms with Gasteiger partial charge in [0.05, 0.1) is 32.6 Å². The molecule has 7 nitrogen and oxygen atoms in total. The summed E-state index contributed by atoms with van der Waals surface area (Å²) < 4.78 is 16.0. The maximum atomic E-state index is 13.6. The molecule has 3 aromatic carbocycles. The summed E-state index contributed by atoms with van der Waals surface area (Å²) in [7, 11) is 4.53. The van der Waals surface area contributed by atoms with E-state index in [0.29, 0.717) is 33.5 Å². The third-order valence-corrected chi connectivity index (χ3v) is 5.38. The molecule has 33 heavy (non-hydrogen) atoms. The molecule has 0 atom stereocenters. The topological polar surface area (TPSA) is 77.1 Å². The summed E-state index contributed by atoms with van der Waals surface area (Å²) in [6.07, 6.45) is 0. The van der Waals surface area contributed by atoms with Crippen molar-refractivity contribution in [1.29, 1.82) is 0 Å². The SMILES string of the molecule is COc1cc(NC2=C(c3ccccc3)C(=O)N(c3cc(Cl)ccc3OC)C2=O)cc(OC)c1. The molecule has 0 aromatic heterocycles. The molecule has 1 aliphatic heterocycles. The summed E-state index contributed by atoms with van der Waals surface area (Å²) in [5.74, 6) is 0.371. The van der Waals surface area contributed by atoms with E-state index in [1.54, 1.807) is 54.6 Å². The maximum Gasteiger partial charge on any atom is 0.282 e. The van der Waals surface area contributed by atoms with E-state index < -0.39 is 11.8 Å². The van der Waals surface area contributed by atoms with Crippen LogP contribution in [0.15, 0.2) is 72.4 Å². The summed E-state index contributed by atoms with van der Waals surface area (Å²) in [5.41, 5.74) is 1.72. The number of nitrogens with zero attached hydrogens (tertiary/aromatic N) is 1. The number of amides is 2. The van der Waals surface area contributed by atoms with Gasteiger partial charge in [-0.1, -0.05) is 41.9 Å². The molecule has 1 N–H and O–H groups in total. The average molecular weight is 465 g/mol. The molecule has 0 radical (unpaired) electrons. The quantitative estimate of drug-likeness (QED) is 0.508. The lowest BCUT2D eigenvalue weighted by atomic mass is 10.0. The van der Waals surface area contributed by atoms with Crippen molar-refractivity contribution < 1.29 is 23.8 Å². The number of methoxy groups -OCH3 is 3. The Balaban J connectivity index is 1.85. The molecular weight excluding hydrogens is 444 g/mol. The van der Waals surface area contributed by atoms with Crippen LogP contribution >= 0.6 is 11.6 Å². The van der Waals surface area contributed by atoms with E-state index in [1.807, 2.05) is 6.07 Å². The van der Waals surface area contributed by atoms with Crippen LogP contribution in [0.3, 0.4) is 0 Å². The highest BCUT2D eigenvalue weighted by Crippen LogP contribution is 2.39. The number of anilines is 2. The molecule has 0 bridgehead atoms. The first-order valence-corrected chi connectivity index (χ1v) is 10.4. The van der Waals surface area contributed by atoms with Gasteiger partial charge in [0.2, 0.25) is 0 Å². The third-order valence-electron chi connectivity index (χ3n) is 5.15. The molecule has 1 heterocycles. The van der Waals surface area contributed by atoms with Crippen LogP contribution in [-0.4, -0.2) is 33.1 Å². The minimum absolute atomic E-state index is 0.114. The number of imide groups is 1. The van der Waals surface area contributed by atoms with Gasteiger partial charge in [-0.3, -0.25) is 9.59 Å². The van der Waals surface area contributed by atoms with Crippen molar-refractivity contribution in [2.24, 2.45) is 0 Å². The molecule has 0 saturated carbocycles. The first kappa shape index (κ1) is 22.2. The number of ether oxygens (including phenoxy) is 3. The van der Waals surface area contributed by atoms with E-state index in [9.17, 15) is 9.59 Å². The standard InChI is InChI=1S/C25H21ClN2O5/c1-31-18-12-17(13-19(14-18)32-2)27-23-22(15-7-5-4-6-8-15)24(29)28(25(23)30)20-11-16(26)9-10-21(20)33-3/h4-14,27H,1-3H3. The molecule has 0 aliphatic carbocycles. The van der Waals surface area contributed by atoms with Crippen LogP contribution in [0.5, 0.6) is 17.2 Å². The zero-order valence-electron chi connectivity index (χ0n) is 18.2. The monoisotopic (exact) mass is 464 g/mol. The van der Waals surface area contributed by atoms with Crippen LogP contribution in [0.4, 0.5) is 11.4 Å². The molecule has 0 unspecified atom stereocenters. The predicted octanol–water partition coefficient (Wildman–Crippen LogP) is 4.76. The van der Waals surface area contributed by atoms with E-state index in [4.69, 9.17) is 25.8 Å². The summed E-state index contributed by atoms with van der Waals surface area (Å²) >= 11 is 6.17. The van der Waals surface area contributed by atoms with Crippen LogP contribution < -0.4 is 24.4 Å². The third kappa shape index (κ3) is 4.23. The van der Waals surface area contributed by atoms with Crippen LogP contribution in [0.2, 0.25) is 5.02 Å². The van der Waals surface area contributed by atoms with Gasteiger partial charge in [0.1, 0.15) is 22.9 Å². The maximum absolute atomic E-state index is 13.6. The van der Waals surface area contributed by atoms with Crippen molar-refractivity contribution >= 4 is 40.4 Å². The highest BCUT2D eigenvalue weighted by molar-refractivity contribution is 6.46. The van der Waals surface area contributed by atoms with Gasteiger partial charge >= 0.3 is 0 Å². The normalized spacial score (nSPS) is 13.4. The van der Waals surface area contributed by atoms with Crippen molar-refractivity contribution in [2.75, 3.05) is 31.5 Å². The Morgan fingerprint density at radius 2 is 1.45 bits per heavy atom. The number of hydrogen-bond donors (Lipinski definition) is 1. The lowest BCUT2D eigenvalue weighted by Gasteiger charge is -2.19. The first-order chi connectivity index (χ1) is 16.0. The number of halogens is 1. The highest BCUT2D eigenvalue weighted by atomic mass is 35.5. The molecule has 4 rings (SSSR count). The van der Waals surface area contributed by atoms with Crippen LogP contribution in [-0.2, 0) is 9.59 Å². The second kappa shape index (κ2) is 9.26. The average Bonchev–Trinajstić information content (AvgIpc) is 3.08. The zero-order valence-corrected chi connectivity index (χ0v) is 19.0. The van der Waals surface area contributed by atoms with E-state index in [-0.39, 0.29) is 17.0 Å². The van der Waals surface area contributed by atoms with Gasteiger partial charge in [-0.15, -0.1) is 0 Å². The van der Waals surface area contributed by atoms with Gasteiger partial charge in [-0.05, 0) is 23.8 Å². The molecule has 8 heteroatoms. The summed E-state index contributed by atoms with van der Waals surface area (Å²) in [6.45, 7) is 0. The lowest BCUT2D eigenvalue weighted by Crippen LogP contribution is -2.32. The van der Waals surface area contributed by atoms with Gasteiger partial charge in [0.15, 0.2) is 0 Å². The number of rotatable bonds is 7. The van der Waals surface area contributed by atoms with Gasteiger partial charge in [-0.25, -0.2) is 4.90 Å². The van der Waals surface area contributed by atoms with Gasteiger partial charge in [-0.2, -0.15) is 0 Å². The smallest absolute Gasteiger partial charge is 0.282 e. The Kier molecular flexibility index (Phi) is 6.24. The summed E-state index contributed by atoms with van der Waals surface area (Å²) in [4.78, 5) is 28.3. The fraction of sp³-hybridized carbons (Fsp3) is 0.120. The fourth-order valence-corrected chi connectivity index (χ4v) is 3.77. The van der Waals surface area contributed by atoms with E-state index in [0.717, 1.165) is 4.90 Å². The van der Waals surface area contributed by atoms with Gasteiger partial charge < -0.3 is 19.5 Å². The Bertz CT molecular complexity index is 1230. The number of carbonyl (C=O) groups is 2. The molecule has 0 spiro atoms. The molecule has 0 fully saturated rings. The van der Waals surface area contributed by atoms with Crippen LogP contribution in [0, 0.1) is 0 Å². The van der Waals surface area contributed by atoms with Crippen LogP contribution in [0.25, 0.3) is 5.57 Å². The van der Waals surface area contributed by atoms with E-state index in [1.165, 1.54) is 27.4 Å². The lowest BCUT2D eigenvalue weighted by molar-refractivity contribution is -0.120. The fourth-order valence-electron chi connectivity index (χ4n) is 3.60. The summed E-state index contributed by atoms with van der Waals surface area (Å²) in [6, 6.07) is 18.9. The van der Waals surface area contributed by atoms with Crippen molar-refractivity contribution in [2.45, 2.75) is 0 Å². The number of carbonyl (C=O) groups excluding carboxylic acids is 2. The molecular formula is C25H21ClN2O5. The number of hydrogen-bond acceptors (Lipinski definition) is 6. The molecule has 168 valence electrons. The minimum atomic E-state index is -0.541. The Morgan fingerprint density at radius 1 is 0.788 bits per heavy atom. The van der Waals surface area contributed by atoms with E-state index >= 15 is 0 Å². The second-order valence-corrected chi connectivity index (χ2v) is 7.54. The van der Waals surface area contributed by atoms with Gasteiger partial charge in [0, 0.05) is 28.9 Å². The summed E-state index contributed by atoms with van der Waals surface area (Å²) in [5, 5.41) is 3.47. The molecule has 2 amide bonds. The van der Waals surface area contributed by atoms with Crippen LogP contribution in [0.1, 0.15) is 5.56 Å². The minimum Gasteiger partial charge on any atom is -0.497 e. The highest BCUT2D eigenvalue weighted by Gasteiger charge is 2.41. The Hall–Kier alpha value is -3.97. The molecule has 3 aromatic rings. The predicted molar refractivity (Wildman–Crippen MR) is 127 cm³/mol. The Morgan fingerprint density at radius 3 is 2.06 bits per heavy atom. The number of nitrogens with one attached hydrogen (secondary N) is 1. The van der Waals surface area contributed by atoms with Crippen molar-refractivity contribution in [3.8, 4) is 17.2 Å². The van der Waals surface area contributed by atoms with E-state index in [2.05, 4.69) is 5.32 Å². The zero-order chi connectivity index (χ0) is 23.5. The van der Waals surface area contributed by atoms with Crippen molar-refractivity contribution in [3.63, 3.8) is 0 Å². The first-order valence-electron chi connectivity index (χ1n) is 9.99. The van der Waals surface area contributed by atoms with Crippen molar-refractivity contribution in [1.82, 2.24) is 0 Å². The molecule has 0 saturated heterocycles. The second-order valence-electron chi connectivity index (χ2n) is 7.10. The van der Waals surface area contributed by atoms with Gasteiger partial charge in [0.25, 0.3) is 11.8 Å².